The lowest BCUT2D eigenvalue weighted by Gasteiger charge is -2.30. The number of furan rings is 4. The van der Waals surface area contributed by atoms with E-state index in [9.17, 15) is 19.2 Å². The molecule has 0 bridgehead atoms. The van der Waals surface area contributed by atoms with Crippen molar-refractivity contribution >= 4 is 123 Å². The second-order valence-electron chi connectivity index (χ2n) is 26.7. The highest BCUT2D eigenvalue weighted by atomic mass is 16.5. The molecule has 0 spiro atoms. The van der Waals surface area contributed by atoms with Crippen LogP contribution in [0.4, 0.5) is 11.4 Å². The lowest BCUT2D eigenvalue weighted by molar-refractivity contribution is 0.0665. The first-order valence-corrected chi connectivity index (χ1v) is 35.4. The van der Waals surface area contributed by atoms with Crippen LogP contribution in [0.15, 0.2) is 181 Å². The van der Waals surface area contributed by atoms with Gasteiger partial charge in [-0.25, -0.2) is 19.9 Å². The van der Waals surface area contributed by atoms with Gasteiger partial charge in [0.05, 0.1) is 29.2 Å². The number of carbonyl (C=O) groups is 4. The number of pyridine rings is 4. The van der Waals surface area contributed by atoms with Crippen molar-refractivity contribution < 1.29 is 41.6 Å². The minimum Gasteiger partial charge on any atom is -0.497 e. The fourth-order valence-corrected chi connectivity index (χ4v) is 13.0. The molecule has 0 atom stereocenters. The molecule has 17 nitrogen and oxygen atoms in total. The molecule has 6 aromatic carbocycles. The average molecular weight is 1370 g/mol. The lowest BCUT2D eigenvalue weighted by atomic mass is 9.94. The Morgan fingerprint density at radius 1 is 0.412 bits per heavy atom. The summed E-state index contributed by atoms with van der Waals surface area (Å²) in [4.78, 5) is 77.1. The van der Waals surface area contributed by atoms with Crippen LogP contribution in [-0.2, 0) is 0 Å². The van der Waals surface area contributed by atoms with Gasteiger partial charge in [0, 0.05) is 99.8 Å². The van der Waals surface area contributed by atoms with Crippen molar-refractivity contribution in [1.29, 1.82) is 0 Å². The number of aromatic nitrogens is 4. The van der Waals surface area contributed by atoms with Crippen molar-refractivity contribution in [2.24, 2.45) is 0 Å². The van der Waals surface area contributed by atoms with E-state index in [4.69, 9.17) is 22.4 Å². The molecular weight excluding hydrogens is 1280 g/mol. The third-order valence-electron chi connectivity index (χ3n) is 19.0. The summed E-state index contributed by atoms with van der Waals surface area (Å²) in [5.41, 5.74) is 14.1. The maximum absolute atomic E-state index is 13.2. The summed E-state index contributed by atoms with van der Waals surface area (Å²) in [5.74, 6) is 1.70. The van der Waals surface area contributed by atoms with Crippen LogP contribution in [0.25, 0.3) is 88.0 Å². The molecule has 1 aliphatic carbocycles. The summed E-state index contributed by atoms with van der Waals surface area (Å²) in [6, 6.07) is 53.7. The third kappa shape index (κ3) is 15.7. The molecule has 1 fully saturated rings. The number of ether oxygens (including phenoxy) is 1. The van der Waals surface area contributed by atoms with Crippen LogP contribution in [-0.4, -0.2) is 99.7 Å². The molecule has 8 aromatic heterocycles. The van der Waals surface area contributed by atoms with Gasteiger partial charge in [0.2, 0.25) is 22.9 Å². The Hall–Kier alpha value is -11.2. The van der Waals surface area contributed by atoms with Crippen LogP contribution in [0.2, 0.25) is 0 Å². The van der Waals surface area contributed by atoms with Crippen molar-refractivity contribution in [3.8, 4) is 5.75 Å². The minimum atomic E-state index is -0.154. The molecule has 15 rings (SSSR count). The molecule has 102 heavy (non-hydrogen) atoms. The number of hydrogen-bond donors (Lipinski definition) is 0. The fraction of sp³-hybridized carbons (Fsp3) is 0.294. The van der Waals surface area contributed by atoms with Gasteiger partial charge in [0.1, 0.15) is 5.75 Å². The number of fused-ring (bicyclic) bond motifs is 8. The Balaban J connectivity index is 0.000000129. The minimum absolute atomic E-state index is 0.0563. The first kappa shape index (κ1) is 70.7. The maximum Gasteiger partial charge on any atom is 0.294 e. The highest BCUT2D eigenvalue weighted by molar-refractivity contribution is 6.08. The average Bonchev–Trinajstić information content (AvgIpc) is 1.64. The molecule has 0 unspecified atom stereocenters. The molecule has 0 aliphatic heterocycles. The molecule has 522 valence electrons. The van der Waals surface area contributed by atoms with Gasteiger partial charge in [-0.05, 0) is 218 Å². The fourth-order valence-electron chi connectivity index (χ4n) is 13.0. The summed E-state index contributed by atoms with van der Waals surface area (Å²) in [6.07, 6.45) is 8.73. The molecule has 17 heteroatoms. The Labute approximate surface area is 594 Å². The summed E-state index contributed by atoms with van der Waals surface area (Å²) < 4.78 is 28.5. The van der Waals surface area contributed by atoms with E-state index in [0.29, 0.717) is 71.6 Å². The van der Waals surface area contributed by atoms with Crippen molar-refractivity contribution in [2.75, 3.05) is 50.1 Å². The van der Waals surface area contributed by atoms with E-state index < -0.39 is 0 Å². The van der Waals surface area contributed by atoms with E-state index in [-0.39, 0.29) is 23.6 Å². The quantitative estimate of drug-likeness (QED) is 0.0941. The van der Waals surface area contributed by atoms with Crippen LogP contribution in [0.3, 0.4) is 0 Å². The number of amides is 4. The first-order valence-electron chi connectivity index (χ1n) is 35.4. The number of rotatable bonds is 15. The van der Waals surface area contributed by atoms with Crippen molar-refractivity contribution in [1.82, 2.24) is 29.7 Å². The van der Waals surface area contributed by atoms with Gasteiger partial charge in [-0.3, -0.25) is 19.2 Å². The molecular formula is C85H88N8O9. The number of nitrogens with zero attached hydrogens (tertiary/aromatic N) is 8. The Morgan fingerprint density at radius 2 is 0.853 bits per heavy atom. The molecule has 8 heterocycles. The third-order valence-corrected chi connectivity index (χ3v) is 19.0. The van der Waals surface area contributed by atoms with Gasteiger partial charge in [-0.15, -0.1) is 0 Å². The zero-order valence-electron chi connectivity index (χ0n) is 60.4. The van der Waals surface area contributed by atoms with E-state index in [0.717, 1.165) is 149 Å². The second-order valence-corrected chi connectivity index (χ2v) is 26.7. The van der Waals surface area contributed by atoms with Gasteiger partial charge < -0.3 is 42.0 Å². The zero-order chi connectivity index (χ0) is 71.9. The molecule has 14 aromatic rings. The van der Waals surface area contributed by atoms with Crippen LogP contribution in [0, 0.1) is 41.5 Å². The largest absolute Gasteiger partial charge is 0.497 e. The Kier molecular flexibility index (Phi) is 21.6. The number of methoxy groups -OCH3 is 1. The van der Waals surface area contributed by atoms with Gasteiger partial charge in [-0.2, -0.15) is 0 Å². The van der Waals surface area contributed by atoms with Crippen molar-refractivity contribution in [2.45, 2.75) is 127 Å². The highest BCUT2D eigenvalue weighted by Gasteiger charge is 2.28. The molecule has 4 amide bonds. The molecule has 1 saturated carbocycles. The number of hydrogen-bond acceptors (Lipinski definition) is 13. The normalized spacial score (nSPS) is 12.3. The summed E-state index contributed by atoms with van der Waals surface area (Å²) >= 11 is 0. The van der Waals surface area contributed by atoms with Gasteiger partial charge in [0.25, 0.3) is 23.6 Å². The van der Waals surface area contributed by atoms with Gasteiger partial charge in [0.15, 0.2) is 23.0 Å². The SMILES string of the molecule is CCCCN(CC)C(=O)c1cc2cc3ccc(C)cc3nc2o1.CCCN(C(=O)c1cc2cc3ccc(C)cc3nc2o1)c1cccc(C)c1.CCN(C(=O)c1cc2cc3ccc(C)cc3nc2o1)c1ccc(C)c(C)c1.COc1ccc2cc3cc(C(=O)N(C)C4CCCCC4)oc3nc2c1. The molecule has 0 N–H and O–H groups in total. The number of benzene rings is 6. The predicted octanol–water partition coefficient (Wildman–Crippen LogP) is 20.2. The molecule has 1 aliphatic rings. The summed E-state index contributed by atoms with van der Waals surface area (Å²) in [6.45, 7) is 23.0. The standard InChI is InChI=1S/2C23H22N2O2.C20H22N2O3.C19H22N2O2/c1-5-25(19-9-7-15(3)16(4)11-19)23(26)21-13-18-12-17-8-6-14(2)10-20(17)24-22(18)27-21;1-4-10-25(19-7-5-6-15(2)11-19)23(26)21-14-18-13-17-9-8-16(3)12-20(17)24-22(18)27-21;1-22(15-6-4-3-5-7-15)20(23)18-11-14-10-13-8-9-16(24-2)12-17(13)21-19(14)25-18;1-4-6-9-21(5-2)19(22)17-12-15-11-14-8-7-13(3)10-16(14)20-18(15)23-17/h6-13H,5H2,1-4H3;5-9,11-14H,4,10H2,1-3H3;8-12,15H,3-7H2,1-2H3;7-8,10-12H,4-6,9H2,1-3H3. The van der Waals surface area contributed by atoms with E-state index in [1.165, 1.54) is 24.8 Å². The number of aryl methyl sites for hydroxylation is 6. The molecule has 0 radical (unpaired) electrons. The summed E-state index contributed by atoms with van der Waals surface area (Å²) in [5, 5.41) is 7.52. The zero-order valence-corrected chi connectivity index (χ0v) is 60.4. The topological polar surface area (TPSA) is 195 Å². The number of anilines is 2. The van der Waals surface area contributed by atoms with Crippen molar-refractivity contribution in [3.63, 3.8) is 0 Å². The Bertz CT molecular complexity index is 5420. The second kappa shape index (κ2) is 31.1. The maximum atomic E-state index is 13.2. The van der Waals surface area contributed by atoms with Crippen LogP contribution >= 0.6 is 0 Å². The van der Waals surface area contributed by atoms with E-state index in [2.05, 4.69) is 65.8 Å². The lowest BCUT2D eigenvalue weighted by Crippen LogP contribution is -2.38. The molecule has 0 saturated heterocycles. The first-order chi connectivity index (χ1) is 49.3. The van der Waals surface area contributed by atoms with Gasteiger partial charge in [-0.1, -0.05) is 94.1 Å². The number of carbonyl (C=O) groups excluding carboxylic acids is 4. The number of unbranched alkanes of at least 4 members (excludes halogenated alkanes) is 1. The Morgan fingerprint density at radius 3 is 1.29 bits per heavy atom. The van der Waals surface area contributed by atoms with Crippen molar-refractivity contribution in [3.05, 3.63) is 220 Å². The monoisotopic (exact) mass is 1360 g/mol. The predicted molar refractivity (Wildman–Crippen MR) is 409 cm³/mol. The van der Waals surface area contributed by atoms with Gasteiger partial charge >= 0.3 is 0 Å². The van der Waals surface area contributed by atoms with E-state index in [1.807, 2.05) is 180 Å². The van der Waals surface area contributed by atoms with Crippen LogP contribution in [0.1, 0.15) is 155 Å². The van der Waals surface area contributed by atoms with Crippen LogP contribution < -0.4 is 14.5 Å². The van der Waals surface area contributed by atoms with E-state index in [1.54, 1.807) is 41.2 Å². The van der Waals surface area contributed by atoms with Crippen LogP contribution in [0.5, 0.6) is 5.75 Å². The smallest absolute Gasteiger partial charge is 0.294 e. The summed E-state index contributed by atoms with van der Waals surface area (Å²) in [7, 11) is 3.50. The highest BCUT2D eigenvalue weighted by Crippen LogP contribution is 2.32. The van der Waals surface area contributed by atoms with E-state index >= 15 is 0 Å².